The maximum absolute atomic E-state index is 5.11. The summed E-state index contributed by atoms with van der Waals surface area (Å²) in [6.45, 7) is 16.7. The molecule has 0 bridgehead atoms. The number of H-pyrrole nitrogens is 1. The minimum absolute atomic E-state index is 0.325. The molecule has 1 saturated heterocycles. The lowest BCUT2D eigenvalue weighted by molar-refractivity contribution is 0.215. The lowest BCUT2D eigenvalue weighted by atomic mass is 9.95. The van der Waals surface area contributed by atoms with Gasteiger partial charge in [0.05, 0.1) is 16.7 Å². The molecule has 0 spiro atoms. The van der Waals surface area contributed by atoms with E-state index in [2.05, 4.69) is 92.1 Å². The van der Waals surface area contributed by atoms with Crippen LogP contribution in [0.5, 0.6) is 0 Å². The zero-order chi connectivity index (χ0) is 23.4. The smallest absolute Gasteiger partial charge is 0.158 e. The van der Waals surface area contributed by atoms with Gasteiger partial charge in [-0.2, -0.15) is 5.10 Å². The van der Waals surface area contributed by atoms with Gasteiger partial charge in [0.15, 0.2) is 5.65 Å². The van der Waals surface area contributed by atoms with Crippen LogP contribution in [0.25, 0.3) is 27.9 Å². The average Bonchev–Trinajstić information content (AvgIpc) is 3.46. The first-order chi connectivity index (χ1) is 15.7. The lowest BCUT2D eigenvalue weighted by Gasteiger charge is -2.25. The molecule has 0 unspecified atom stereocenters. The molecule has 4 aromatic heterocycles. The molecule has 0 aliphatic carbocycles. The number of rotatable bonds is 5. The normalized spacial score (nSPS) is 19.5. The van der Waals surface area contributed by atoms with Crippen molar-refractivity contribution in [2.45, 2.75) is 78.9 Å². The Labute approximate surface area is 195 Å². The van der Waals surface area contributed by atoms with Crippen molar-refractivity contribution >= 4 is 22.5 Å². The van der Waals surface area contributed by atoms with Gasteiger partial charge in [-0.3, -0.25) is 4.90 Å². The number of likely N-dealkylation sites (tertiary alicyclic amines) is 1. The number of hydrogen-bond donors (Lipinski definition) is 2. The van der Waals surface area contributed by atoms with E-state index in [1.807, 2.05) is 4.52 Å². The standard InChI is InChI=1S/C26H35N7/c1-14(2)23-24(20-12-33-26(27-13-28-33)18(7)17(20)6)30-21-8-9-22(31-25(21)23)29-19-10-16(5)32(11-19)15(3)4/h8-9,12-16,19,30H,10-11H2,1-7H3,(H,29,31)/t16-,19+/m1/s1. The van der Waals surface area contributed by atoms with Gasteiger partial charge in [0.1, 0.15) is 12.1 Å². The highest BCUT2D eigenvalue weighted by Gasteiger charge is 2.31. The zero-order valence-corrected chi connectivity index (χ0v) is 20.8. The predicted octanol–water partition coefficient (Wildman–Crippen LogP) is 5.30. The van der Waals surface area contributed by atoms with Gasteiger partial charge < -0.3 is 10.3 Å². The number of anilines is 1. The SMILES string of the molecule is Cc1c(-c2[nH]c3ccc(N[C@H]4C[C@@H](C)N(C(C)C)C4)nc3c2C(C)C)cn2ncnc2c1C. The van der Waals surface area contributed by atoms with Crippen molar-refractivity contribution in [2.75, 3.05) is 11.9 Å². The van der Waals surface area contributed by atoms with Gasteiger partial charge in [0.2, 0.25) is 0 Å². The van der Waals surface area contributed by atoms with Gasteiger partial charge in [-0.25, -0.2) is 14.5 Å². The molecule has 174 valence electrons. The van der Waals surface area contributed by atoms with Gasteiger partial charge in [-0.05, 0) is 70.2 Å². The summed E-state index contributed by atoms with van der Waals surface area (Å²) in [4.78, 5) is 15.8. The quantitative estimate of drug-likeness (QED) is 0.436. The predicted molar refractivity (Wildman–Crippen MR) is 135 cm³/mol. The fraction of sp³-hybridized carbons (Fsp3) is 0.500. The van der Waals surface area contributed by atoms with Gasteiger partial charge in [-0.15, -0.1) is 0 Å². The van der Waals surface area contributed by atoms with Crippen molar-refractivity contribution in [3.8, 4) is 11.3 Å². The largest absolute Gasteiger partial charge is 0.366 e. The third-order valence-electron chi connectivity index (χ3n) is 7.29. The van der Waals surface area contributed by atoms with Crippen molar-refractivity contribution < 1.29 is 0 Å². The van der Waals surface area contributed by atoms with Crippen LogP contribution in [0.15, 0.2) is 24.7 Å². The molecular formula is C26H35N7. The summed E-state index contributed by atoms with van der Waals surface area (Å²) in [6.07, 6.45) is 4.84. The molecule has 2 N–H and O–H groups in total. The molecule has 5 rings (SSSR count). The Hall–Kier alpha value is -2.93. The average molecular weight is 446 g/mol. The minimum atomic E-state index is 0.325. The summed E-state index contributed by atoms with van der Waals surface area (Å²) in [5, 5.41) is 8.11. The van der Waals surface area contributed by atoms with Crippen LogP contribution in [0.3, 0.4) is 0 Å². The molecule has 0 saturated carbocycles. The fourth-order valence-corrected chi connectivity index (χ4v) is 5.48. The van der Waals surface area contributed by atoms with E-state index in [-0.39, 0.29) is 0 Å². The van der Waals surface area contributed by atoms with Crippen molar-refractivity contribution in [3.63, 3.8) is 0 Å². The second-order valence-corrected chi connectivity index (χ2v) is 10.2. The van der Waals surface area contributed by atoms with Crippen LogP contribution < -0.4 is 5.32 Å². The monoisotopic (exact) mass is 445 g/mol. The van der Waals surface area contributed by atoms with E-state index in [9.17, 15) is 0 Å². The Balaban J connectivity index is 1.56. The molecule has 33 heavy (non-hydrogen) atoms. The van der Waals surface area contributed by atoms with E-state index in [1.54, 1.807) is 6.33 Å². The number of nitrogens with zero attached hydrogens (tertiary/aromatic N) is 5. The minimum Gasteiger partial charge on any atom is -0.366 e. The third-order valence-corrected chi connectivity index (χ3v) is 7.29. The molecular weight excluding hydrogens is 410 g/mol. The molecule has 0 radical (unpaired) electrons. The molecule has 0 aromatic carbocycles. The number of pyridine rings is 2. The number of nitrogens with one attached hydrogen (secondary N) is 2. The summed E-state index contributed by atoms with van der Waals surface area (Å²) in [5.41, 5.74) is 8.92. The summed E-state index contributed by atoms with van der Waals surface area (Å²) < 4.78 is 1.87. The molecule has 0 amide bonds. The topological polar surface area (TPSA) is 74.1 Å². The summed E-state index contributed by atoms with van der Waals surface area (Å²) in [6, 6.07) is 5.85. The van der Waals surface area contributed by atoms with Crippen LogP contribution in [0.1, 0.15) is 63.6 Å². The molecule has 4 aromatic rings. The molecule has 7 nitrogen and oxygen atoms in total. The van der Waals surface area contributed by atoms with Crippen molar-refractivity contribution in [2.24, 2.45) is 0 Å². The van der Waals surface area contributed by atoms with Crippen LogP contribution in [0.4, 0.5) is 5.82 Å². The van der Waals surface area contributed by atoms with Crippen LogP contribution in [-0.4, -0.2) is 54.1 Å². The van der Waals surface area contributed by atoms with Gasteiger partial charge >= 0.3 is 0 Å². The van der Waals surface area contributed by atoms with E-state index in [0.29, 0.717) is 24.0 Å². The molecule has 1 aliphatic heterocycles. The molecule has 1 fully saturated rings. The summed E-state index contributed by atoms with van der Waals surface area (Å²) in [5.74, 6) is 1.28. The molecule has 5 heterocycles. The van der Waals surface area contributed by atoms with Crippen molar-refractivity contribution in [1.82, 2.24) is 29.5 Å². The second kappa shape index (κ2) is 8.13. The molecule has 2 atom stereocenters. The number of aromatic amines is 1. The summed E-state index contributed by atoms with van der Waals surface area (Å²) in [7, 11) is 0. The van der Waals surface area contributed by atoms with E-state index in [0.717, 1.165) is 52.3 Å². The van der Waals surface area contributed by atoms with Crippen LogP contribution >= 0.6 is 0 Å². The van der Waals surface area contributed by atoms with Gasteiger partial charge in [0, 0.05) is 42.0 Å². The van der Waals surface area contributed by atoms with Crippen molar-refractivity contribution in [3.05, 3.63) is 41.3 Å². The Morgan fingerprint density at radius 1 is 1.12 bits per heavy atom. The van der Waals surface area contributed by atoms with E-state index >= 15 is 0 Å². The zero-order valence-electron chi connectivity index (χ0n) is 20.8. The maximum atomic E-state index is 5.11. The first-order valence-corrected chi connectivity index (χ1v) is 12.1. The Morgan fingerprint density at radius 3 is 2.61 bits per heavy atom. The van der Waals surface area contributed by atoms with Crippen LogP contribution in [-0.2, 0) is 0 Å². The first-order valence-electron chi connectivity index (χ1n) is 12.1. The van der Waals surface area contributed by atoms with Crippen LogP contribution in [0.2, 0.25) is 0 Å². The Bertz CT molecular complexity index is 1310. The molecule has 1 aliphatic rings. The highest BCUT2D eigenvalue weighted by Crippen LogP contribution is 2.37. The number of aromatic nitrogens is 5. The fourth-order valence-electron chi connectivity index (χ4n) is 5.48. The highest BCUT2D eigenvalue weighted by atomic mass is 15.3. The number of hydrogen-bond acceptors (Lipinski definition) is 5. The maximum Gasteiger partial charge on any atom is 0.158 e. The van der Waals surface area contributed by atoms with E-state index < -0.39 is 0 Å². The highest BCUT2D eigenvalue weighted by molar-refractivity contribution is 5.90. The summed E-state index contributed by atoms with van der Waals surface area (Å²) >= 11 is 0. The number of aryl methyl sites for hydroxylation is 1. The van der Waals surface area contributed by atoms with E-state index in [1.165, 1.54) is 11.1 Å². The molecule has 7 heteroatoms. The van der Waals surface area contributed by atoms with Gasteiger partial charge in [0.25, 0.3) is 0 Å². The first kappa shape index (κ1) is 21.9. The van der Waals surface area contributed by atoms with Crippen molar-refractivity contribution in [1.29, 1.82) is 0 Å². The van der Waals surface area contributed by atoms with Gasteiger partial charge in [-0.1, -0.05) is 13.8 Å². The lowest BCUT2D eigenvalue weighted by Crippen LogP contribution is -2.35. The second-order valence-electron chi connectivity index (χ2n) is 10.2. The van der Waals surface area contributed by atoms with Crippen LogP contribution in [0, 0.1) is 13.8 Å². The Kier molecular flexibility index (Phi) is 5.40. The Morgan fingerprint density at radius 2 is 1.91 bits per heavy atom. The third kappa shape index (κ3) is 3.68. The number of fused-ring (bicyclic) bond motifs is 2. The van der Waals surface area contributed by atoms with E-state index in [4.69, 9.17) is 4.98 Å².